The third-order valence-electron chi connectivity index (χ3n) is 3.84. The fraction of sp³-hybridized carbons (Fsp3) is 0.200. The van der Waals surface area contributed by atoms with Gasteiger partial charge in [0.1, 0.15) is 16.3 Å². The van der Waals surface area contributed by atoms with Crippen molar-refractivity contribution in [2.75, 3.05) is 13.2 Å². The summed E-state index contributed by atoms with van der Waals surface area (Å²) in [6.07, 6.45) is 0. The molecular weight excluding hydrogens is 366 g/mol. The summed E-state index contributed by atoms with van der Waals surface area (Å²) in [6, 6.07) is 10.2. The molecule has 0 spiro atoms. The zero-order chi connectivity index (χ0) is 19.4. The first-order valence-corrected chi connectivity index (χ1v) is 9.34. The molecule has 0 saturated heterocycles. The van der Waals surface area contributed by atoms with Crippen LogP contribution in [0.5, 0.6) is 17.2 Å². The number of carboxylic acids is 1. The molecule has 0 unspecified atom stereocenters. The number of phenols is 1. The molecule has 27 heavy (non-hydrogen) atoms. The Hall–Kier alpha value is -3.06. The molecule has 0 radical (unpaired) electrons. The van der Waals surface area contributed by atoms with E-state index in [4.69, 9.17) is 14.6 Å². The van der Waals surface area contributed by atoms with E-state index >= 15 is 0 Å². The van der Waals surface area contributed by atoms with E-state index in [-0.39, 0.29) is 11.3 Å². The average molecular weight is 385 g/mol. The lowest BCUT2D eigenvalue weighted by molar-refractivity contribution is 0.0694. The third kappa shape index (κ3) is 3.88. The Balaban J connectivity index is 1.98. The predicted octanol–water partition coefficient (Wildman–Crippen LogP) is 4.68. The maximum absolute atomic E-state index is 11.2. The van der Waals surface area contributed by atoms with E-state index in [9.17, 15) is 9.90 Å². The first-order chi connectivity index (χ1) is 13.0. The van der Waals surface area contributed by atoms with Crippen LogP contribution in [0.15, 0.2) is 41.8 Å². The summed E-state index contributed by atoms with van der Waals surface area (Å²) < 4.78 is 11.2. The summed E-state index contributed by atoms with van der Waals surface area (Å²) in [5.74, 6) is -0.155. The van der Waals surface area contributed by atoms with Gasteiger partial charge in [0.05, 0.1) is 18.9 Å². The van der Waals surface area contributed by atoms with Crippen LogP contribution >= 0.6 is 11.3 Å². The summed E-state index contributed by atoms with van der Waals surface area (Å²) in [4.78, 5) is 15.8. The molecule has 0 aliphatic carbocycles. The largest absolute Gasteiger partial charge is 0.506 e. The van der Waals surface area contributed by atoms with E-state index < -0.39 is 5.97 Å². The summed E-state index contributed by atoms with van der Waals surface area (Å²) in [7, 11) is 0. The molecule has 0 fully saturated rings. The van der Waals surface area contributed by atoms with Crippen LogP contribution in [0.1, 0.15) is 24.2 Å². The molecule has 0 aliphatic heterocycles. The fourth-order valence-corrected chi connectivity index (χ4v) is 3.45. The van der Waals surface area contributed by atoms with Gasteiger partial charge in [0.15, 0.2) is 11.5 Å². The Bertz CT molecular complexity index is 967. The molecule has 7 heteroatoms. The number of aromatic hydroxyl groups is 1. The van der Waals surface area contributed by atoms with Crippen LogP contribution in [0.2, 0.25) is 0 Å². The van der Waals surface area contributed by atoms with Crippen LogP contribution in [0.25, 0.3) is 21.8 Å². The van der Waals surface area contributed by atoms with E-state index in [0.717, 1.165) is 10.6 Å². The molecule has 0 aliphatic rings. The van der Waals surface area contributed by atoms with Crippen molar-refractivity contribution >= 4 is 17.3 Å². The molecule has 3 rings (SSSR count). The lowest BCUT2D eigenvalue weighted by atomic mass is 10.1. The minimum Gasteiger partial charge on any atom is -0.506 e. The SMILES string of the molecule is CCOc1ccc(-c2nc(-c3cccc(C(=O)O)c3O)cs2)cc1OCC. The van der Waals surface area contributed by atoms with Crippen molar-refractivity contribution in [2.45, 2.75) is 13.8 Å². The minimum absolute atomic E-state index is 0.151. The average Bonchev–Trinajstić information content (AvgIpc) is 3.13. The topological polar surface area (TPSA) is 88.9 Å². The molecule has 2 aromatic carbocycles. The zero-order valence-electron chi connectivity index (χ0n) is 14.9. The molecule has 3 aromatic rings. The normalized spacial score (nSPS) is 10.6. The van der Waals surface area contributed by atoms with Gasteiger partial charge in [-0.15, -0.1) is 11.3 Å². The van der Waals surface area contributed by atoms with Crippen LogP contribution in [-0.4, -0.2) is 34.4 Å². The smallest absolute Gasteiger partial charge is 0.339 e. The van der Waals surface area contributed by atoms with Gasteiger partial charge in [0.25, 0.3) is 0 Å². The highest BCUT2D eigenvalue weighted by Gasteiger charge is 2.17. The number of thiazole rings is 1. The summed E-state index contributed by atoms with van der Waals surface area (Å²) in [5.41, 5.74) is 1.60. The number of aromatic carboxylic acids is 1. The number of nitrogens with zero attached hydrogens (tertiary/aromatic N) is 1. The van der Waals surface area contributed by atoms with Gasteiger partial charge < -0.3 is 19.7 Å². The van der Waals surface area contributed by atoms with Crippen molar-refractivity contribution in [3.05, 3.63) is 47.3 Å². The van der Waals surface area contributed by atoms with Crippen molar-refractivity contribution in [3.63, 3.8) is 0 Å². The number of aromatic nitrogens is 1. The second-order valence-corrected chi connectivity index (χ2v) is 6.43. The number of rotatable bonds is 7. The summed E-state index contributed by atoms with van der Waals surface area (Å²) in [6.45, 7) is 4.87. The number of hydrogen-bond donors (Lipinski definition) is 2. The molecule has 140 valence electrons. The molecular formula is C20H19NO5S. The fourth-order valence-electron chi connectivity index (χ4n) is 2.64. The molecule has 0 saturated carbocycles. The highest BCUT2D eigenvalue weighted by Crippen LogP contribution is 2.38. The molecule has 1 heterocycles. The molecule has 2 N–H and O–H groups in total. The summed E-state index contributed by atoms with van der Waals surface area (Å²) >= 11 is 1.40. The quantitative estimate of drug-likeness (QED) is 0.614. The number of carboxylic acid groups (broad SMARTS) is 1. The lowest BCUT2D eigenvalue weighted by Crippen LogP contribution is -1.98. The van der Waals surface area contributed by atoms with Gasteiger partial charge in [-0.3, -0.25) is 0 Å². The van der Waals surface area contributed by atoms with Crippen molar-refractivity contribution in [1.82, 2.24) is 4.98 Å². The first-order valence-electron chi connectivity index (χ1n) is 8.46. The number of benzene rings is 2. The van der Waals surface area contributed by atoms with E-state index in [1.165, 1.54) is 17.4 Å². The standard InChI is InChI=1S/C20H19NO5S/c1-3-25-16-9-8-12(10-17(16)26-4-2)19-21-15(11-27-19)13-6-5-7-14(18(13)22)20(23)24/h5-11,22H,3-4H2,1-2H3,(H,23,24). The Labute approximate surface area is 160 Å². The molecule has 1 aromatic heterocycles. The van der Waals surface area contributed by atoms with Crippen LogP contribution in [0.3, 0.4) is 0 Å². The van der Waals surface area contributed by atoms with Gasteiger partial charge in [-0.2, -0.15) is 0 Å². The first kappa shape index (κ1) is 18.7. The Morgan fingerprint density at radius 3 is 2.56 bits per heavy atom. The lowest BCUT2D eigenvalue weighted by Gasteiger charge is -2.11. The number of carbonyl (C=O) groups is 1. The van der Waals surface area contributed by atoms with Crippen molar-refractivity contribution < 1.29 is 24.5 Å². The van der Waals surface area contributed by atoms with Crippen LogP contribution in [0, 0.1) is 0 Å². The number of ether oxygens (including phenoxy) is 2. The van der Waals surface area contributed by atoms with Crippen molar-refractivity contribution in [2.24, 2.45) is 0 Å². The van der Waals surface area contributed by atoms with E-state index in [0.29, 0.717) is 36.0 Å². The van der Waals surface area contributed by atoms with Crippen molar-refractivity contribution in [3.8, 4) is 39.1 Å². The van der Waals surface area contributed by atoms with Gasteiger partial charge in [-0.25, -0.2) is 9.78 Å². The van der Waals surface area contributed by atoms with Crippen molar-refractivity contribution in [1.29, 1.82) is 0 Å². The third-order valence-corrected chi connectivity index (χ3v) is 4.73. The second kappa shape index (κ2) is 8.09. The Morgan fingerprint density at radius 1 is 1.11 bits per heavy atom. The van der Waals surface area contributed by atoms with Gasteiger partial charge in [0.2, 0.25) is 0 Å². The summed E-state index contributed by atoms with van der Waals surface area (Å²) in [5, 5.41) is 21.9. The molecule has 6 nitrogen and oxygen atoms in total. The van der Waals surface area contributed by atoms with Crippen LogP contribution in [-0.2, 0) is 0 Å². The number of hydrogen-bond acceptors (Lipinski definition) is 6. The highest BCUT2D eigenvalue weighted by molar-refractivity contribution is 7.13. The second-order valence-electron chi connectivity index (χ2n) is 5.57. The van der Waals surface area contributed by atoms with E-state index in [2.05, 4.69) is 4.98 Å². The van der Waals surface area contributed by atoms with Gasteiger partial charge in [-0.1, -0.05) is 6.07 Å². The van der Waals surface area contributed by atoms with Crippen LogP contribution in [0.4, 0.5) is 0 Å². The number of para-hydroxylation sites is 1. The predicted molar refractivity (Wildman–Crippen MR) is 104 cm³/mol. The Kier molecular flexibility index (Phi) is 5.61. The minimum atomic E-state index is -1.18. The molecule has 0 bridgehead atoms. The molecule has 0 amide bonds. The van der Waals surface area contributed by atoms with E-state index in [1.807, 2.05) is 32.0 Å². The van der Waals surface area contributed by atoms with Gasteiger partial charge >= 0.3 is 5.97 Å². The Morgan fingerprint density at radius 2 is 1.85 bits per heavy atom. The zero-order valence-corrected chi connectivity index (χ0v) is 15.7. The maximum Gasteiger partial charge on any atom is 0.339 e. The van der Waals surface area contributed by atoms with E-state index in [1.54, 1.807) is 17.5 Å². The van der Waals surface area contributed by atoms with Gasteiger partial charge in [0, 0.05) is 16.5 Å². The van der Waals surface area contributed by atoms with Crippen LogP contribution < -0.4 is 9.47 Å². The monoisotopic (exact) mass is 385 g/mol. The molecule has 0 atom stereocenters. The maximum atomic E-state index is 11.2. The van der Waals surface area contributed by atoms with Gasteiger partial charge in [-0.05, 0) is 44.2 Å². The highest BCUT2D eigenvalue weighted by atomic mass is 32.1.